The summed E-state index contributed by atoms with van der Waals surface area (Å²) < 4.78 is 11.0. The van der Waals surface area contributed by atoms with E-state index < -0.39 is 5.60 Å². The Morgan fingerprint density at radius 3 is 2.91 bits per heavy atom. The molecule has 1 saturated heterocycles. The van der Waals surface area contributed by atoms with Gasteiger partial charge in [0, 0.05) is 13.0 Å². The second kappa shape index (κ2) is 6.05. The van der Waals surface area contributed by atoms with Gasteiger partial charge in [-0.15, -0.1) is 0 Å². The lowest BCUT2D eigenvalue weighted by molar-refractivity contribution is 0.0275. The van der Waals surface area contributed by atoms with Gasteiger partial charge in [-0.2, -0.15) is 10.2 Å². The molecule has 0 spiro atoms. The second-order valence-corrected chi connectivity index (χ2v) is 6.02. The summed E-state index contributed by atoms with van der Waals surface area (Å²) in [4.78, 5) is 21.4. The average Bonchev–Trinajstić information content (AvgIpc) is 2.86. The predicted octanol–water partition coefficient (Wildman–Crippen LogP) is 1.32. The van der Waals surface area contributed by atoms with Gasteiger partial charge in [-0.25, -0.2) is 9.78 Å². The van der Waals surface area contributed by atoms with Crippen LogP contribution in [-0.4, -0.2) is 45.8 Å². The summed E-state index contributed by atoms with van der Waals surface area (Å²) in [5.41, 5.74) is 5.09. The van der Waals surface area contributed by atoms with E-state index in [0.717, 1.165) is 0 Å². The van der Waals surface area contributed by atoms with E-state index in [1.807, 2.05) is 26.8 Å². The summed E-state index contributed by atoms with van der Waals surface area (Å²) in [6, 6.07) is 1.90. The molecule has 1 aliphatic heterocycles. The van der Waals surface area contributed by atoms with Gasteiger partial charge >= 0.3 is 6.09 Å². The van der Waals surface area contributed by atoms with E-state index in [0.29, 0.717) is 19.5 Å². The zero-order valence-electron chi connectivity index (χ0n) is 12.9. The van der Waals surface area contributed by atoms with Crippen LogP contribution in [-0.2, 0) is 4.74 Å². The molecule has 2 rings (SSSR count). The van der Waals surface area contributed by atoms with Gasteiger partial charge < -0.3 is 20.1 Å². The molecular weight excluding hydrogens is 286 g/mol. The molecular formula is C14H19N5O3. The average molecular weight is 305 g/mol. The third kappa shape index (κ3) is 3.97. The van der Waals surface area contributed by atoms with Crippen LogP contribution in [0, 0.1) is 11.3 Å². The number of ether oxygens (including phenoxy) is 2. The van der Waals surface area contributed by atoms with Gasteiger partial charge in [0.1, 0.15) is 23.6 Å². The van der Waals surface area contributed by atoms with Crippen molar-refractivity contribution in [2.24, 2.45) is 0 Å². The molecule has 8 heteroatoms. The summed E-state index contributed by atoms with van der Waals surface area (Å²) in [7, 11) is 0. The van der Waals surface area contributed by atoms with Crippen LogP contribution in [0.5, 0.6) is 5.88 Å². The normalized spacial score (nSPS) is 17.9. The second-order valence-electron chi connectivity index (χ2n) is 6.02. The fraction of sp³-hybridized carbons (Fsp3) is 0.571. The van der Waals surface area contributed by atoms with Crippen molar-refractivity contribution in [1.82, 2.24) is 14.9 Å². The molecule has 1 aliphatic rings. The maximum atomic E-state index is 12.0. The lowest BCUT2D eigenvalue weighted by Crippen LogP contribution is -2.36. The molecule has 1 fully saturated rings. The van der Waals surface area contributed by atoms with Crippen molar-refractivity contribution in [3.8, 4) is 11.9 Å². The van der Waals surface area contributed by atoms with E-state index in [-0.39, 0.29) is 29.6 Å². The first-order chi connectivity index (χ1) is 10.3. The van der Waals surface area contributed by atoms with Crippen molar-refractivity contribution in [2.45, 2.75) is 38.9 Å². The van der Waals surface area contributed by atoms with Crippen molar-refractivity contribution in [2.75, 3.05) is 18.8 Å². The Balaban J connectivity index is 1.99. The van der Waals surface area contributed by atoms with Gasteiger partial charge in [0.05, 0.1) is 12.7 Å². The fourth-order valence-electron chi connectivity index (χ4n) is 2.02. The van der Waals surface area contributed by atoms with Crippen LogP contribution in [0.15, 0.2) is 6.20 Å². The maximum Gasteiger partial charge on any atom is 0.410 e. The van der Waals surface area contributed by atoms with Crippen molar-refractivity contribution in [3.63, 3.8) is 0 Å². The lowest BCUT2D eigenvalue weighted by atomic mass is 10.2. The van der Waals surface area contributed by atoms with Gasteiger partial charge in [0.2, 0.25) is 5.69 Å². The van der Waals surface area contributed by atoms with Gasteiger partial charge in [0.15, 0.2) is 0 Å². The number of likely N-dealkylation sites (tertiary alicyclic amines) is 1. The van der Waals surface area contributed by atoms with E-state index >= 15 is 0 Å². The molecule has 0 aromatic carbocycles. The molecule has 22 heavy (non-hydrogen) atoms. The van der Waals surface area contributed by atoms with Crippen LogP contribution in [0.25, 0.3) is 0 Å². The molecule has 2 heterocycles. The van der Waals surface area contributed by atoms with Crippen LogP contribution >= 0.6 is 0 Å². The van der Waals surface area contributed by atoms with E-state index in [4.69, 9.17) is 20.5 Å². The lowest BCUT2D eigenvalue weighted by Gasteiger charge is -2.24. The Bertz CT molecular complexity index is 605. The van der Waals surface area contributed by atoms with Crippen molar-refractivity contribution < 1.29 is 14.3 Å². The van der Waals surface area contributed by atoms with Crippen molar-refractivity contribution in [3.05, 3.63) is 11.9 Å². The number of nitriles is 1. The van der Waals surface area contributed by atoms with E-state index in [1.54, 1.807) is 4.90 Å². The molecule has 0 radical (unpaired) electrons. The topological polar surface area (TPSA) is 114 Å². The number of amides is 1. The Hall–Kier alpha value is -2.56. The number of nitrogens with zero attached hydrogens (tertiary/aromatic N) is 4. The highest BCUT2D eigenvalue weighted by Gasteiger charge is 2.31. The first-order valence-corrected chi connectivity index (χ1v) is 6.95. The first kappa shape index (κ1) is 15.8. The predicted molar refractivity (Wildman–Crippen MR) is 78.0 cm³/mol. The molecule has 2 N–H and O–H groups in total. The third-order valence-corrected chi connectivity index (χ3v) is 2.94. The standard InChI is InChI=1S/C14H19N5O3/c1-14(2,3)22-13(20)19-5-4-9(8-19)21-12-10(6-15)17-7-11(16)18-12/h7,9H,4-5,8H2,1-3H3,(H2,16,18)/t9-/m1/s1. The number of rotatable bonds is 2. The summed E-state index contributed by atoms with van der Waals surface area (Å²) in [5.74, 6) is 0.273. The van der Waals surface area contributed by atoms with Crippen molar-refractivity contribution in [1.29, 1.82) is 5.26 Å². The molecule has 0 bridgehead atoms. The molecule has 0 saturated carbocycles. The molecule has 1 amide bonds. The summed E-state index contributed by atoms with van der Waals surface area (Å²) in [6.45, 7) is 6.34. The molecule has 0 aliphatic carbocycles. The van der Waals surface area contributed by atoms with Crippen molar-refractivity contribution >= 4 is 11.9 Å². The summed E-state index contributed by atoms with van der Waals surface area (Å²) in [5, 5.41) is 8.99. The Kier molecular flexibility index (Phi) is 4.35. The zero-order chi connectivity index (χ0) is 16.3. The highest BCUT2D eigenvalue weighted by molar-refractivity contribution is 5.68. The minimum absolute atomic E-state index is 0.0740. The van der Waals surface area contributed by atoms with Gasteiger partial charge in [0.25, 0.3) is 5.88 Å². The van der Waals surface area contributed by atoms with E-state index in [9.17, 15) is 4.79 Å². The number of carbonyl (C=O) groups is 1. The highest BCUT2D eigenvalue weighted by Crippen LogP contribution is 2.21. The van der Waals surface area contributed by atoms with Crippen LogP contribution < -0.4 is 10.5 Å². The monoisotopic (exact) mass is 305 g/mol. The smallest absolute Gasteiger partial charge is 0.410 e. The van der Waals surface area contributed by atoms with Crippen LogP contribution in [0.3, 0.4) is 0 Å². The number of anilines is 1. The number of hydrogen-bond acceptors (Lipinski definition) is 7. The SMILES string of the molecule is CC(C)(C)OC(=O)N1CC[C@@H](Oc2nc(N)cnc2C#N)C1. The van der Waals surface area contributed by atoms with E-state index in [1.165, 1.54) is 6.20 Å². The summed E-state index contributed by atoms with van der Waals surface area (Å²) >= 11 is 0. The Morgan fingerprint density at radius 2 is 2.27 bits per heavy atom. The molecule has 118 valence electrons. The number of hydrogen-bond donors (Lipinski definition) is 1. The minimum atomic E-state index is -0.538. The van der Waals surface area contributed by atoms with Crippen LogP contribution in [0.4, 0.5) is 10.6 Å². The molecule has 1 atom stereocenters. The van der Waals surface area contributed by atoms with Gasteiger partial charge in [-0.05, 0) is 20.8 Å². The Labute approximate surface area is 128 Å². The third-order valence-electron chi connectivity index (χ3n) is 2.94. The van der Waals surface area contributed by atoms with Gasteiger partial charge in [-0.3, -0.25) is 0 Å². The molecule has 1 aromatic heterocycles. The zero-order valence-corrected chi connectivity index (χ0v) is 12.9. The first-order valence-electron chi connectivity index (χ1n) is 6.95. The van der Waals surface area contributed by atoms with E-state index in [2.05, 4.69) is 9.97 Å². The maximum absolute atomic E-state index is 12.0. The quantitative estimate of drug-likeness (QED) is 0.876. The molecule has 1 aromatic rings. The molecule has 8 nitrogen and oxygen atoms in total. The fourth-order valence-corrected chi connectivity index (χ4v) is 2.02. The number of carbonyl (C=O) groups excluding carboxylic acids is 1. The number of nitrogen functional groups attached to an aromatic ring is 1. The Morgan fingerprint density at radius 1 is 1.55 bits per heavy atom. The van der Waals surface area contributed by atoms with Crippen LogP contribution in [0.1, 0.15) is 32.9 Å². The number of aromatic nitrogens is 2. The minimum Gasteiger partial charge on any atom is -0.470 e. The summed E-state index contributed by atoms with van der Waals surface area (Å²) in [6.07, 6.45) is 1.28. The molecule has 0 unspecified atom stereocenters. The number of nitrogens with two attached hydrogens (primary N) is 1. The largest absolute Gasteiger partial charge is 0.470 e. The highest BCUT2D eigenvalue weighted by atomic mass is 16.6. The van der Waals surface area contributed by atoms with Crippen LogP contribution in [0.2, 0.25) is 0 Å². The van der Waals surface area contributed by atoms with Gasteiger partial charge in [-0.1, -0.05) is 0 Å².